The first-order valence-corrected chi connectivity index (χ1v) is 21.3. The van der Waals surface area contributed by atoms with E-state index in [1.165, 1.54) is 19.9 Å². The number of hydrogen-bond acceptors (Lipinski definition) is 15. The van der Waals surface area contributed by atoms with Gasteiger partial charge in [0.25, 0.3) is 0 Å². The summed E-state index contributed by atoms with van der Waals surface area (Å²) in [7, 11) is 0. The summed E-state index contributed by atoms with van der Waals surface area (Å²) in [5, 5.41) is 28.1. The van der Waals surface area contributed by atoms with Crippen molar-refractivity contribution in [3.8, 4) is 0 Å². The van der Waals surface area contributed by atoms with Gasteiger partial charge in [-0.3, -0.25) is 9.59 Å². The van der Waals surface area contributed by atoms with Gasteiger partial charge in [0, 0.05) is 37.5 Å². The van der Waals surface area contributed by atoms with Crippen molar-refractivity contribution >= 4 is 30.0 Å². The molecule has 1 aromatic rings. The molecule has 6 rings (SSSR count). The topological polar surface area (TPSA) is 212 Å². The zero-order valence-corrected chi connectivity index (χ0v) is 37.6. The van der Waals surface area contributed by atoms with E-state index in [-0.39, 0.29) is 30.9 Å². The molecule has 2 bridgehead atoms. The molecule has 1 amide bonds. The number of hydrogen-bond donors (Lipinski definition) is 3. The molecular formula is C46H63NO15. The van der Waals surface area contributed by atoms with Gasteiger partial charge in [0.05, 0.1) is 30.2 Å². The quantitative estimate of drug-likeness (QED) is 0.154. The van der Waals surface area contributed by atoms with Gasteiger partial charge in [-0.1, -0.05) is 59.4 Å². The Morgan fingerprint density at radius 1 is 0.984 bits per heavy atom. The number of rotatable bonds is 11. The molecule has 4 fully saturated rings. The molecule has 2 aliphatic heterocycles. The van der Waals surface area contributed by atoms with Crippen molar-refractivity contribution < 1.29 is 72.1 Å². The molecule has 16 nitrogen and oxygen atoms in total. The number of amides is 1. The Morgan fingerprint density at radius 2 is 1.65 bits per heavy atom. The van der Waals surface area contributed by atoms with E-state index in [0.29, 0.717) is 11.1 Å². The highest BCUT2D eigenvalue weighted by Crippen LogP contribution is 2.67. The van der Waals surface area contributed by atoms with E-state index in [2.05, 4.69) is 11.9 Å². The van der Waals surface area contributed by atoms with E-state index < -0.39 is 125 Å². The fourth-order valence-corrected chi connectivity index (χ4v) is 10.7. The van der Waals surface area contributed by atoms with Crippen LogP contribution in [-0.4, -0.2) is 119 Å². The number of carbonyl (C=O) groups is 5. The lowest BCUT2D eigenvalue weighted by atomic mass is 9.44. The van der Waals surface area contributed by atoms with Gasteiger partial charge in [0.15, 0.2) is 24.1 Å². The van der Waals surface area contributed by atoms with Crippen LogP contribution in [-0.2, 0) is 52.3 Å². The molecule has 1 aromatic carbocycles. The summed E-state index contributed by atoms with van der Waals surface area (Å²) in [6.07, 6.45) is -9.36. The van der Waals surface area contributed by atoms with Crippen LogP contribution in [0.2, 0.25) is 0 Å². The standard InChI is InChI=1S/C46H63NO15/c1-13-32-58-30-20-31-45(22-55-31,61-26(6)49)36-38(60-39(51)27-17-15-14-16-18-27)46(54)21-29(57-40(52)34(50)28(19-23(2)3)47-41(53)62-42(7,8)9)24(4)33(43(46,10)11)35(56-25(5)48)37(59-32)44(30,36)12/h13-18,23,28-32,34-38,50,54H,1,19-22H2,2-12H3,(H,47,53)/t28?,29-,30-,31+,32+,34-,35-,36-,37-,38-,44+,45-,46+/m0/s1. The number of esters is 4. The minimum Gasteiger partial charge on any atom is -0.456 e. The van der Waals surface area contributed by atoms with Crippen LogP contribution >= 0.6 is 0 Å². The van der Waals surface area contributed by atoms with Gasteiger partial charge in [-0.2, -0.15) is 0 Å². The fourth-order valence-electron chi connectivity index (χ4n) is 10.7. The second kappa shape index (κ2) is 17.0. The van der Waals surface area contributed by atoms with E-state index in [0.717, 1.165) is 0 Å². The van der Waals surface area contributed by atoms with E-state index in [1.54, 1.807) is 71.9 Å². The molecule has 0 radical (unpaired) electrons. The van der Waals surface area contributed by atoms with Crippen molar-refractivity contribution in [1.29, 1.82) is 0 Å². The third-order valence-electron chi connectivity index (χ3n) is 13.4. The van der Waals surface area contributed by atoms with Crippen molar-refractivity contribution in [2.24, 2.45) is 22.7 Å². The Balaban J connectivity index is 1.57. The number of benzene rings is 1. The summed E-state index contributed by atoms with van der Waals surface area (Å²) in [4.78, 5) is 68.1. The molecule has 1 unspecified atom stereocenters. The highest BCUT2D eigenvalue weighted by molar-refractivity contribution is 5.89. The monoisotopic (exact) mass is 869 g/mol. The third kappa shape index (κ3) is 8.28. The van der Waals surface area contributed by atoms with Crippen molar-refractivity contribution in [3.63, 3.8) is 0 Å². The molecule has 3 aliphatic carbocycles. The average molecular weight is 870 g/mol. The number of nitrogens with one attached hydrogen (secondary N) is 1. The van der Waals surface area contributed by atoms with Crippen LogP contribution in [0, 0.1) is 22.7 Å². The van der Waals surface area contributed by atoms with Crippen LogP contribution in [0.3, 0.4) is 0 Å². The Labute approximate surface area is 362 Å². The third-order valence-corrected chi connectivity index (χ3v) is 13.4. The lowest BCUT2D eigenvalue weighted by molar-refractivity contribution is -0.405. The zero-order valence-electron chi connectivity index (χ0n) is 37.6. The Bertz CT molecular complexity index is 1960. The maximum Gasteiger partial charge on any atom is 0.407 e. The van der Waals surface area contributed by atoms with Crippen LogP contribution in [0.15, 0.2) is 54.1 Å². The van der Waals surface area contributed by atoms with Crippen molar-refractivity contribution in [2.75, 3.05) is 6.61 Å². The van der Waals surface area contributed by atoms with E-state index in [4.69, 9.17) is 37.9 Å². The van der Waals surface area contributed by atoms with Gasteiger partial charge >= 0.3 is 30.0 Å². The summed E-state index contributed by atoms with van der Waals surface area (Å²) in [5.74, 6) is -4.57. The van der Waals surface area contributed by atoms with Crippen LogP contribution in [0.4, 0.5) is 4.79 Å². The Hall–Kier alpha value is -4.35. The van der Waals surface area contributed by atoms with Gasteiger partial charge in [0.1, 0.15) is 35.6 Å². The predicted molar refractivity (Wildman–Crippen MR) is 220 cm³/mol. The van der Waals surface area contributed by atoms with E-state index >= 15 is 0 Å². The first-order valence-electron chi connectivity index (χ1n) is 21.3. The maximum absolute atomic E-state index is 14.4. The second-order valence-corrected chi connectivity index (χ2v) is 19.5. The van der Waals surface area contributed by atoms with Gasteiger partial charge in [-0.15, -0.1) is 0 Å². The fraction of sp³-hybridized carbons (Fsp3) is 0.674. The molecule has 0 aromatic heterocycles. The van der Waals surface area contributed by atoms with Crippen molar-refractivity contribution in [3.05, 3.63) is 59.7 Å². The van der Waals surface area contributed by atoms with Crippen molar-refractivity contribution in [1.82, 2.24) is 5.32 Å². The average Bonchev–Trinajstić information content (AvgIpc) is 3.15. The Kier molecular flexibility index (Phi) is 12.9. The van der Waals surface area contributed by atoms with E-state index in [9.17, 15) is 34.2 Å². The smallest absolute Gasteiger partial charge is 0.407 e. The first kappa shape index (κ1) is 47.1. The van der Waals surface area contributed by atoms with Crippen molar-refractivity contribution in [2.45, 2.75) is 167 Å². The molecule has 13 atom stereocenters. The normalized spacial score (nSPS) is 35.5. The van der Waals surface area contributed by atoms with Crippen LogP contribution in [0.25, 0.3) is 0 Å². The summed E-state index contributed by atoms with van der Waals surface area (Å²) < 4.78 is 50.2. The predicted octanol–water partition coefficient (Wildman–Crippen LogP) is 4.87. The van der Waals surface area contributed by atoms with Gasteiger partial charge < -0.3 is 53.4 Å². The van der Waals surface area contributed by atoms with Crippen LogP contribution in [0.1, 0.15) is 106 Å². The lowest BCUT2D eigenvalue weighted by Crippen LogP contribution is -2.83. The molecule has 3 N–H and O–H groups in total. The summed E-state index contributed by atoms with van der Waals surface area (Å²) in [5.41, 5.74) is -6.65. The minimum absolute atomic E-state index is 0.0926. The number of fused-ring (bicyclic) bond motifs is 4. The molecular weight excluding hydrogens is 806 g/mol. The van der Waals surface area contributed by atoms with Gasteiger partial charge in [-0.25, -0.2) is 14.4 Å². The highest BCUT2D eigenvalue weighted by atomic mass is 16.7. The molecule has 0 spiro atoms. The molecule has 62 heavy (non-hydrogen) atoms. The summed E-state index contributed by atoms with van der Waals surface area (Å²) >= 11 is 0. The molecule has 16 heteroatoms. The molecule has 5 aliphatic rings. The van der Waals surface area contributed by atoms with E-state index in [1.807, 2.05) is 20.8 Å². The second-order valence-electron chi connectivity index (χ2n) is 19.5. The largest absolute Gasteiger partial charge is 0.456 e. The maximum atomic E-state index is 14.4. The lowest BCUT2D eigenvalue weighted by Gasteiger charge is -2.71. The SMILES string of the molecule is C=C[C@@H]1O[C@H]2C[C@H]3OC[C@@]3(OC(C)=O)[C@H]3[C@H](OC(=O)c4ccccc4)[C@]4(O)C[C@H](OC(=O)[C@@H](O)C(CC(C)C)NC(=O)OC(C)(C)C)C(C)=C([C@H](OC(C)=O)[C@H](O1)[C@]23C)C4(C)C. The molecule has 2 heterocycles. The number of alkyl carbamates (subject to hydrolysis) is 1. The first-order chi connectivity index (χ1) is 28.8. The molecule has 2 saturated heterocycles. The number of ether oxygens (including phenoxy) is 8. The highest BCUT2D eigenvalue weighted by Gasteiger charge is 2.79. The molecule has 342 valence electrons. The van der Waals surface area contributed by atoms with Crippen LogP contribution in [0.5, 0.6) is 0 Å². The van der Waals surface area contributed by atoms with Gasteiger partial charge in [-0.05, 0) is 69.4 Å². The summed E-state index contributed by atoms with van der Waals surface area (Å²) in [6, 6.07) is 7.04. The summed E-state index contributed by atoms with van der Waals surface area (Å²) in [6.45, 7) is 21.9. The van der Waals surface area contributed by atoms with Gasteiger partial charge in [0.2, 0.25) is 0 Å². The zero-order chi connectivity index (χ0) is 45.9. The number of aliphatic hydroxyl groups is 2. The number of aliphatic hydroxyl groups excluding tert-OH is 1. The number of carbonyl (C=O) groups excluding carboxylic acids is 5. The van der Waals surface area contributed by atoms with Crippen LogP contribution < -0.4 is 5.32 Å². The minimum atomic E-state index is -2.23. The Morgan fingerprint density at radius 3 is 2.19 bits per heavy atom. The molecule has 2 saturated carbocycles.